The normalized spacial score (nSPS) is 11.2. The summed E-state index contributed by atoms with van der Waals surface area (Å²) in [5.74, 6) is 5.66. The van der Waals surface area contributed by atoms with Crippen LogP contribution in [-0.4, -0.2) is 48.3 Å². The number of carboxylic acid groups (broad SMARTS) is 1. The minimum absolute atomic E-state index is 0.191. The fraction of sp³-hybridized carbons (Fsp3) is 0.364. The standard InChI is InChI=1S/C11H17N5O4/c12-10(14-3-4-15-11(17)18)9-2-1-8(7-16-9)19-5-6-20-13/h1-2,7,15H,3-6,13H2,(H2,12,14)(H,17,18). The first kappa shape index (κ1) is 15.7. The second-order valence-corrected chi connectivity index (χ2v) is 3.60. The molecule has 1 aromatic rings. The smallest absolute Gasteiger partial charge is 0.404 e. The highest BCUT2D eigenvalue weighted by Crippen LogP contribution is 2.08. The molecule has 0 aliphatic carbocycles. The molecule has 0 spiro atoms. The summed E-state index contributed by atoms with van der Waals surface area (Å²) in [6.07, 6.45) is 0.406. The lowest BCUT2D eigenvalue weighted by Gasteiger charge is -2.05. The van der Waals surface area contributed by atoms with Gasteiger partial charge in [-0.05, 0) is 12.1 Å². The van der Waals surface area contributed by atoms with Gasteiger partial charge in [0.05, 0.1) is 12.7 Å². The molecule has 0 fully saturated rings. The van der Waals surface area contributed by atoms with Crippen LogP contribution in [0, 0.1) is 0 Å². The first-order valence-corrected chi connectivity index (χ1v) is 5.81. The second-order valence-electron chi connectivity index (χ2n) is 3.60. The van der Waals surface area contributed by atoms with Crippen molar-refractivity contribution >= 4 is 11.9 Å². The maximum Gasteiger partial charge on any atom is 0.404 e. The Morgan fingerprint density at radius 2 is 2.25 bits per heavy atom. The average molecular weight is 283 g/mol. The highest BCUT2D eigenvalue weighted by molar-refractivity contribution is 5.95. The van der Waals surface area contributed by atoms with Crippen LogP contribution in [0.2, 0.25) is 0 Å². The fourth-order valence-corrected chi connectivity index (χ4v) is 1.25. The van der Waals surface area contributed by atoms with Crippen LogP contribution in [0.15, 0.2) is 23.3 Å². The van der Waals surface area contributed by atoms with Gasteiger partial charge in [0.1, 0.15) is 30.5 Å². The molecule has 6 N–H and O–H groups in total. The number of aromatic nitrogens is 1. The predicted molar refractivity (Wildman–Crippen MR) is 71.5 cm³/mol. The number of carbonyl (C=O) groups is 1. The molecule has 110 valence electrons. The van der Waals surface area contributed by atoms with Crippen molar-refractivity contribution in [1.29, 1.82) is 0 Å². The van der Waals surface area contributed by atoms with Crippen molar-refractivity contribution in [3.63, 3.8) is 0 Å². The molecule has 1 heterocycles. The largest absolute Gasteiger partial charge is 0.489 e. The summed E-state index contributed by atoms with van der Waals surface area (Å²) in [5, 5.41) is 10.6. The summed E-state index contributed by atoms with van der Waals surface area (Å²) in [6.45, 7) is 1.03. The van der Waals surface area contributed by atoms with Crippen LogP contribution in [0.5, 0.6) is 5.75 Å². The zero-order valence-electron chi connectivity index (χ0n) is 10.8. The number of hydrogen-bond donors (Lipinski definition) is 4. The number of hydrogen-bond acceptors (Lipinski definition) is 6. The molecule has 0 radical (unpaired) electrons. The van der Waals surface area contributed by atoms with Crippen molar-refractivity contribution < 1.29 is 19.5 Å². The number of pyridine rings is 1. The lowest BCUT2D eigenvalue weighted by molar-refractivity contribution is 0.102. The summed E-state index contributed by atoms with van der Waals surface area (Å²) >= 11 is 0. The molecule has 1 amide bonds. The van der Waals surface area contributed by atoms with Crippen LogP contribution >= 0.6 is 0 Å². The van der Waals surface area contributed by atoms with E-state index in [2.05, 4.69) is 20.1 Å². The average Bonchev–Trinajstić information content (AvgIpc) is 2.44. The van der Waals surface area contributed by atoms with Crippen LogP contribution in [0.1, 0.15) is 5.69 Å². The first-order chi connectivity index (χ1) is 9.63. The van der Waals surface area contributed by atoms with Gasteiger partial charge in [-0.15, -0.1) is 0 Å². The van der Waals surface area contributed by atoms with Crippen molar-refractivity contribution in [2.24, 2.45) is 16.6 Å². The van der Waals surface area contributed by atoms with Gasteiger partial charge in [-0.25, -0.2) is 15.7 Å². The van der Waals surface area contributed by atoms with Gasteiger partial charge < -0.3 is 25.7 Å². The van der Waals surface area contributed by atoms with Crippen molar-refractivity contribution in [1.82, 2.24) is 10.3 Å². The Morgan fingerprint density at radius 1 is 1.45 bits per heavy atom. The minimum Gasteiger partial charge on any atom is -0.489 e. The Labute approximate surface area is 115 Å². The van der Waals surface area contributed by atoms with Crippen molar-refractivity contribution in [3.05, 3.63) is 24.0 Å². The molecule has 0 unspecified atom stereocenters. The Balaban J connectivity index is 2.45. The van der Waals surface area contributed by atoms with E-state index in [0.29, 0.717) is 18.1 Å². The van der Waals surface area contributed by atoms with E-state index >= 15 is 0 Å². The fourth-order valence-electron chi connectivity index (χ4n) is 1.25. The van der Waals surface area contributed by atoms with Gasteiger partial charge in [0.2, 0.25) is 0 Å². The Bertz CT molecular complexity index is 449. The van der Waals surface area contributed by atoms with Gasteiger partial charge in [0, 0.05) is 6.54 Å². The molecule has 0 aliphatic rings. The summed E-state index contributed by atoms with van der Waals surface area (Å²) in [6, 6.07) is 3.35. The molecule has 0 bridgehead atoms. The third-order valence-electron chi connectivity index (χ3n) is 2.14. The Hall–Kier alpha value is -2.39. The molecular weight excluding hydrogens is 266 g/mol. The van der Waals surface area contributed by atoms with Crippen LogP contribution < -0.4 is 21.7 Å². The van der Waals surface area contributed by atoms with E-state index in [1.807, 2.05) is 0 Å². The van der Waals surface area contributed by atoms with Gasteiger partial charge in [-0.3, -0.25) is 4.99 Å². The quantitative estimate of drug-likeness (QED) is 0.214. The highest BCUT2D eigenvalue weighted by Gasteiger charge is 2.01. The molecule has 1 rings (SSSR count). The number of nitrogens with one attached hydrogen (secondary N) is 1. The molecule has 0 saturated carbocycles. The molecule has 0 aromatic carbocycles. The topological polar surface area (TPSA) is 145 Å². The molecular formula is C11H17N5O4. The molecule has 9 heteroatoms. The summed E-state index contributed by atoms with van der Waals surface area (Å²) in [4.78, 5) is 22.7. The maximum atomic E-state index is 10.2. The van der Waals surface area contributed by atoms with Gasteiger partial charge in [0.15, 0.2) is 0 Å². The van der Waals surface area contributed by atoms with Crippen LogP contribution in [0.4, 0.5) is 4.79 Å². The predicted octanol–water partition coefficient (Wildman–Crippen LogP) is -0.676. The van der Waals surface area contributed by atoms with Gasteiger partial charge in [-0.2, -0.15) is 0 Å². The van der Waals surface area contributed by atoms with Crippen LogP contribution in [0.25, 0.3) is 0 Å². The van der Waals surface area contributed by atoms with Crippen LogP contribution in [0.3, 0.4) is 0 Å². The number of amidine groups is 1. The van der Waals surface area contributed by atoms with Gasteiger partial charge in [-0.1, -0.05) is 0 Å². The monoisotopic (exact) mass is 283 g/mol. The van der Waals surface area contributed by atoms with Gasteiger partial charge >= 0.3 is 6.09 Å². The number of amides is 1. The van der Waals surface area contributed by atoms with Crippen molar-refractivity contribution in [2.45, 2.75) is 0 Å². The summed E-state index contributed by atoms with van der Waals surface area (Å²) in [5.41, 5.74) is 6.21. The van der Waals surface area contributed by atoms with E-state index in [9.17, 15) is 4.79 Å². The second kappa shape index (κ2) is 8.67. The zero-order chi connectivity index (χ0) is 14.8. The molecule has 9 nitrogen and oxygen atoms in total. The maximum absolute atomic E-state index is 10.2. The molecule has 0 saturated heterocycles. The lowest BCUT2D eigenvalue weighted by Crippen LogP contribution is -2.25. The van der Waals surface area contributed by atoms with E-state index in [1.165, 1.54) is 6.20 Å². The van der Waals surface area contributed by atoms with Crippen molar-refractivity contribution in [2.75, 3.05) is 26.3 Å². The first-order valence-electron chi connectivity index (χ1n) is 5.81. The summed E-state index contributed by atoms with van der Waals surface area (Å²) < 4.78 is 5.28. The number of nitrogens with zero attached hydrogens (tertiary/aromatic N) is 2. The highest BCUT2D eigenvalue weighted by atomic mass is 16.6. The lowest BCUT2D eigenvalue weighted by atomic mass is 10.3. The van der Waals surface area contributed by atoms with E-state index < -0.39 is 6.09 Å². The van der Waals surface area contributed by atoms with E-state index in [0.717, 1.165) is 0 Å². The number of rotatable bonds is 8. The van der Waals surface area contributed by atoms with Crippen molar-refractivity contribution in [3.8, 4) is 5.75 Å². The molecule has 20 heavy (non-hydrogen) atoms. The van der Waals surface area contributed by atoms with Gasteiger partial charge in [0.25, 0.3) is 0 Å². The molecule has 0 aliphatic heterocycles. The van der Waals surface area contributed by atoms with E-state index in [1.54, 1.807) is 12.1 Å². The third kappa shape index (κ3) is 5.98. The Kier molecular flexibility index (Phi) is 6.79. The zero-order valence-corrected chi connectivity index (χ0v) is 10.8. The third-order valence-corrected chi connectivity index (χ3v) is 2.14. The van der Waals surface area contributed by atoms with Crippen LogP contribution in [-0.2, 0) is 4.84 Å². The SMILES string of the molecule is NOCCOc1ccc(C(N)=NCCNC(=O)O)nc1. The number of nitrogens with two attached hydrogens (primary N) is 2. The summed E-state index contributed by atoms with van der Waals surface area (Å²) in [7, 11) is 0. The number of aliphatic imine (C=N–C) groups is 1. The minimum atomic E-state index is -1.10. The molecule has 1 aromatic heterocycles. The Morgan fingerprint density at radius 3 is 2.85 bits per heavy atom. The van der Waals surface area contributed by atoms with E-state index in [4.69, 9.17) is 21.5 Å². The molecule has 0 atom stereocenters. The number of ether oxygens (including phenoxy) is 1. The van der Waals surface area contributed by atoms with E-state index in [-0.39, 0.29) is 25.5 Å².